The summed E-state index contributed by atoms with van der Waals surface area (Å²) >= 11 is 0. The Morgan fingerprint density at radius 2 is 2.11 bits per heavy atom. The molecule has 0 bridgehead atoms. The maximum absolute atomic E-state index is 12.4. The number of nitrogens with zero attached hydrogens (tertiary/aromatic N) is 1. The number of benzene rings is 1. The first kappa shape index (κ1) is 11.3. The van der Waals surface area contributed by atoms with Crippen LogP contribution in [0.25, 0.3) is 10.9 Å². The molecule has 1 unspecified atom stereocenters. The lowest BCUT2D eigenvalue weighted by Gasteiger charge is -2.36. The minimum atomic E-state index is -0.397. The number of ketones is 1. The van der Waals surface area contributed by atoms with Crippen LogP contribution in [0.15, 0.2) is 24.3 Å². The maximum Gasteiger partial charge on any atom is 0.189 e. The van der Waals surface area contributed by atoms with E-state index in [-0.39, 0.29) is 18.0 Å². The lowest BCUT2D eigenvalue weighted by Crippen LogP contribution is -2.46. The number of Topliss-reactive ketones (excluding diaryl/α,β-unsaturated/α-hetero) is 1. The van der Waals surface area contributed by atoms with Crippen molar-refractivity contribution < 1.29 is 14.3 Å². The smallest absolute Gasteiger partial charge is 0.189 e. The molecule has 0 saturated carbocycles. The number of hydrogen-bond acceptors (Lipinski definition) is 3. The van der Waals surface area contributed by atoms with Crippen LogP contribution >= 0.6 is 0 Å². The van der Waals surface area contributed by atoms with Crippen LogP contribution in [0.4, 0.5) is 0 Å². The van der Waals surface area contributed by atoms with Crippen molar-refractivity contribution in [3.8, 4) is 0 Å². The molecule has 2 aliphatic rings. The van der Waals surface area contributed by atoms with Crippen molar-refractivity contribution in [2.45, 2.75) is 26.0 Å². The van der Waals surface area contributed by atoms with Crippen molar-refractivity contribution in [1.29, 1.82) is 0 Å². The third kappa shape index (κ3) is 1.52. The summed E-state index contributed by atoms with van der Waals surface area (Å²) in [5.74, 6) is -0.139. The Morgan fingerprint density at radius 1 is 1.32 bits per heavy atom. The molecule has 1 fully saturated rings. The van der Waals surface area contributed by atoms with E-state index in [0.717, 1.165) is 16.6 Å². The standard InChI is InChI=1S/C14H12BNO3/c1-7-18-14(19-7)10-6-16-11-3-2-9(15)4-8(11)5-12(16)13(10)17/h2-5,7,10,14H,6H2,1H3. The molecule has 1 aromatic heterocycles. The van der Waals surface area contributed by atoms with Crippen LogP contribution in [-0.4, -0.2) is 30.8 Å². The van der Waals surface area contributed by atoms with Gasteiger partial charge in [0, 0.05) is 12.1 Å². The average molecular weight is 253 g/mol. The van der Waals surface area contributed by atoms with Crippen LogP contribution < -0.4 is 5.46 Å². The zero-order chi connectivity index (χ0) is 13.1. The number of fused-ring (bicyclic) bond motifs is 3. The molecule has 0 spiro atoms. The molecular formula is C14H12BNO3. The predicted octanol–water partition coefficient (Wildman–Crippen LogP) is 0.966. The van der Waals surface area contributed by atoms with Crippen LogP contribution in [0.3, 0.4) is 0 Å². The quantitative estimate of drug-likeness (QED) is 0.711. The van der Waals surface area contributed by atoms with Crippen LogP contribution in [0.1, 0.15) is 17.4 Å². The number of aromatic nitrogens is 1. The number of rotatable bonds is 1. The van der Waals surface area contributed by atoms with Crippen molar-refractivity contribution >= 4 is 30.0 Å². The van der Waals surface area contributed by atoms with Crippen LogP contribution in [0.5, 0.6) is 0 Å². The van der Waals surface area contributed by atoms with Crippen molar-refractivity contribution in [1.82, 2.24) is 4.57 Å². The monoisotopic (exact) mass is 253 g/mol. The first-order chi connectivity index (χ1) is 9.13. The van der Waals surface area contributed by atoms with Crippen LogP contribution in [0.2, 0.25) is 0 Å². The number of ether oxygens (including phenoxy) is 2. The van der Waals surface area contributed by atoms with Crippen molar-refractivity contribution in [2.24, 2.45) is 5.92 Å². The summed E-state index contributed by atoms with van der Waals surface area (Å²) in [6, 6.07) is 7.60. The molecule has 2 aliphatic heterocycles. The molecule has 5 heteroatoms. The summed E-state index contributed by atoms with van der Waals surface area (Å²) in [5, 5.41) is 1.01. The Kier molecular flexibility index (Phi) is 2.20. The Labute approximate surface area is 111 Å². The highest BCUT2D eigenvalue weighted by molar-refractivity contribution is 6.33. The minimum absolute atomic E-state index is 0.0895. The topological polar surface area (TPSA) is 40.5 Å². The summed E-state index contributed by atoms with van der Waals surface area (Å²) < 4.78 is 12.9. The molecule has 19 heavy (non-hydrogen) atoms. The fourth-order valence-corrected chi connectivity index (χ4v) is 2.95. The molecule has 0 amide bonds. The van der Waals surface area contributed by atoms with Gasteiger partial charge in [-0.3, -0.25) is 4.79 Å². The summed E-state index contributed by atoms with van der Waals surface area (Å²) in [6.07, 6.45) is -0.597. The normalized spacial score (nSPS) is 29.5. The summed E-state index contributed by atoms with van der Waals surface area (Å²) in [6.45, 7) is 2.44. The molecule has 4 rings (SSSR count). The highest BCUT2D eigenvalue weighted by Gasteiger charge is 2.44. The van der Waals surface area contributed by atoms with Gasteiger partial charge in [0.05, 0.1) is 11.6 Å². The molecule has 2 aromatic rings. The first-order valence-corrected chi connectivity index (χ1v) is 6.37. The second-order valence-corrected chi connectivity index (χ2v) is 5.14. The van der Waals surface area contributed by atoms with Crippen molar-refractivity contribution in [3.05, 3.63) is 30.0 Å². The molecule has 4 nitrogen and oxygen atoms in total. The third-order valence-electron chi connectivity index (χ3n) is 3.87. The Bertz CT molecular complexity index is 687. The zero-order valence-corrected chi connectivity index (χ0v) is 10.5. The van der Waals surface area contributed by atoms with Crippen molar-refractivity contribution in [3.63, 3.8) is 0 Å². The molecule has 1 aromatic carbocycles. The van der Waals surface area contributed by atoms with E-state index in [1.807, 2.05) is 35.8 Å². The van der Waals surface area contributed by atoms with E-state index < -0.39 is 6.29 Å². The van der Waals surface area contributed by atoms with E-state index >= 15 is 0 Å². The fourth-order valence-electron chi connectivity index (χ4n) is 2.95. The molecule has 0 aliphatic carbocycles. The predicted molar refractivity (Wildman–Crippen MR) is 70.6 cm³/mol. The third-order valence-corrected chi connectivity index (χ3v) is 3.87. The van der Waals surface area contributed by atoms with E-state index in [0.29, 0.717) is 12.0 Å². The molecule has 2 radical (unpaired) electrons. The van der Waals surface area contributed by atoms with E-state index in [2.05, 4.69) is 0 Å². The van der Waals surface area contributed by atoms with Crippen molar-refractivity contribution in [2.75, 3.05) is 0 Å². The van der Waals surface area contributed by atoms with Crippen LogP contribution in [0, 0.1) is 5.92 Å². The Hall–Kier alpha value is -1.59. The second kappa shape index (κ2) is 3.71. The maximum atomic E-state index is 12.4. The highest BCUT2D eigenvalue weighted by Crippen LogP contribution is 2.34. The van der Waals surface area contributed by atoms with Gasteiger partial charge in [0.15, 0.2) is 18.4 Å². The zero-order valence-electron chi connectivity index (χ0n) is 10.5. The van der Waals surface area contributed by atoms with Gasteiger partial charge < -0.3 is 14.0 Å². The number of hydrogen-bond donors (Lipinski definition) is 0. The van der Waals surface area contributed by atoms with E-state index in [9.17, 15) is 4.79 Å². The Morgan fingerprint density at radius 3 is 2.84 bits per heavy atom. The Balaban J connectivity index is 1.74. The fraction of sp³-hybridized carbons (Fsp3) is 0.357. The molecule has 3 heterocycles. The summed E-state index contributed by atoms with van der Waals surface area (Å²) in [4.78, 5) is 12.4. The second-order valence-electron chi connectivity index (χ2n) is 5.14. The van der Waals surface area contributed by atoms with Crippen LogP contribution in [-0.2, 0) is 16.0 Å². The molecule has 1 saturated heterocycles. The molecular weight excluding hydrogens is 241 g/mol. The van der Waals surface area contributed by atoms with Gasteiger partial charge in [-0.05, 0) is 24.4 Å². The molecule has 1 atom stereocenters. The number of carbonyl (C=O) groups excluding carboxylic acids is 1. The van der Waals surface area contributed by atoms with Gasteiger partial charge in [-0.15, -0.1) is 0 Å². The van der Waals surface area contributed by atoms with Gasteiger partial charge in [-0.25, -0.2) is 0 Å². The first-order valence-electron chi connectivity index (χ1n) is 6.37. The summed E-state index contributed by atoms with van der Waals surface area (Å²) in [7, 11) is 5.76. The molecule has 0 N–H and O–H groups in total. The van der Waals surface area contributed by atoms with Gasteiger partial charge in [-0.1, -0.05) is 17.6 Å². The van der Waals surface area contributed by atoms with E-state index in [4.69, 9.17) is 17.3 Å². The van der Waals surface area contributed by atoms with E-state index in [1.165, 1.54) is 0 Å². The average Bonchev–Trinajstić information content (AvgIpc) is 2.83. The molecule has 94 valence electrons. The minimum Gasteiger partial charge on any atom is -0.337 e. The lowest BCUT2D eigenvalue weighted by molar-refractivity contribution is -0.386. The largest absolute Gasteiger partial charge is 0.337 e. The van der Waals surface area contributed by atoms with Gasteiger partial charge in [0.1, 0.15) is 7.85 Å². The van der Waals surface area contributed by atoms with E-state index in [1.54, 1.807) is 0 Å². The SMILES string of the molecule is [B]c1ccc2c(c1)cc1n2CC(C2OC(C)O2)C1=O. The van der Waals surface area contributed by atoms with Gasteiger partial charge in [0.25, 0.3) is 0 Å². The summed E-state index contributed by atoms with van der Waals surface area (Å²) in [5.41, 5.74) is 2.46. The number of carbonyl (C=O) groups is 1. The van der Waals surface area contributed by atoms with Gasteiger partial charge >= 0.3 is 0 Å². The van der Waals surface area contributed by atoms with Gasteiger partial charge in [0.2, 0.25) is 0 Å². The van der Waals surface area contributed by atoms with Gasteiger partial charge in [-0.2, -0.15) is 0 Å². The lowest BCUT2D eigenvalue weighted by atomic mass is 9.95. The highest BCUT2D eigenvalue weighted by atomic mass is 16.9.